The molecule has 2 rings (SSSR count). The van der Waals surface area contributed by atoms with Crippen LogP contribution in [-0.4, -0.2) is 25.1 Å². The molecule has 0 fully saturated rings. The standard InChI is InChI=1S/C18H15ClN2O4/c1-2-24-15-7-4-12(5-8-15)18(23)25-11-17(22)21-14-6-3-13(10-20)16(19)9-14/h3-9H,2,11H2,1H3,(H,21,22). The van der Waals surface area contributed by atoms with Gasteiger partial charge in [0.2, 0.25) is 0 Å². The third-order valence-electron chi connectivity index (χ3n) is 3.11. The first kappa shape index (κ1) is 18.3. The van der Waals surface area contributed by atoms with Gasteiger partial charge in [0.25, 0.3) is 5.91 Å². The molecule has 0 spiro atoms. The van der Waals surface area contributed by atoms with Crippen molar-refractivity contribution in [1.82, 2.24) is 0 Å². The van der Waals surface area contributed by atoms with E-state index in [9.17, 15) is 9.59 Å². The fraction of sp³-hybridized carbons (Fsp3) is 0.167. The monoisotopic (exact) mass is 358 g/mol. The van der Waals surface area contributed by atoms with Crippen molar-refractivity contribution >= 4 is 29.2 Å². The van der Waals surface area contributed by atoms with Crippen molar-refractivity contribution in [3.8, 4) is 11.8 Å². The Morgan fingerprint density at radius 2 is 1.92 bits per heavy atom. The molecule has 1 N–H and O–H groups in total. The van der Waals surface area contributed by atoms with Gasteiger partial charge in [0.15, 0.2) is 6.61 Å². The Kier molecular flexibility index (Phi) is 6.38. The summed E-state index contributed by atoms with van der Waals surface area (Å²) in [6, 6.07) is 12.8. The van der Waals surface area contributed by atoms with E-state index in [1.54, 1.807) is 24.3 Å². The number of hydrogen-bond donors (Lipinski definition) is 1. The summed E-state index contributed by atoms with van der Waals surface area (Å²) in [5.74, 6) is -0.481. The fourth-order valence-corrected chi connectivity index (χ4v) is 2.17. The molecule has 0 unspecified atom stereocenters. The Morgan fingerprint density at radius 3 is 2.52 bits per heavy atom. The zero-order chi connectivity index (χ0) is 18.2. The maximum atomic E-state index is 11.9. The second-order valence-corrected chi connectivity index (χ2v) is 5.30. The lowest BCUT2D eigenvalue weighted by molar-refractivity contribution is -0.119. The van der Waals surface area contributed by atoms with Gasteiger partial charge in [0.05, 0.1) is 22.8 Å². The van der Waals surface area contributed by atoms with Crippen LogP contribution in [0.4, 0.5) is 5.69 Å². The van der Waals surface area contributed by atoms with Gasteiger partial charge in [-0.25, -0.2) is 4.79 Å². The number of carbonyl (C=O) groups excluding carboxylic acids is 2. The molecule has 128 valence electrons. The van der Waals surface area contributed by atoms with Crippen molar-refractivity contribution in [2.45, 2.75) is 6.92 Å². The van der Waals surface area contributed by atoms with Crippen LogP contribution in [-0.2, 0) is 9.53 Å². The van der Waals surface area contributed by atoms with Crippen LogP contribution in [0.1, 0.15) is 22.8 Å². The molecule has 0 aromatic heterocycles. The molecule has 2 aromatic rings. The molecule has 0 bridgehead atoms. The lowest BCUT2D eigenvalue weighted by Gasteiger charge is -2.08. The minimum absolute atomic E-state index is 0.228. The molecule has 0 aliphatic carbocycles. The van der Waals surface area contributed by atoms with Gasteiger partial charge in [0.1, 0.15) is 11.8 Å². The number of halogens is 1. The SMILES string of the molecule is CCOc1ccc(C(=O)OCC(=O)Nc2ccc(C#N)c(Cl)c2)cc1. The number of anilines is 1. The maximum absolute atomic E-state index is 11.9. The maximum Gasteiger partial charge on any atom is 0.338 e. The molecule has 0 saturated carbocycles. The Labute approximate surface area is 149 Å². The van der Waals surface area contributed by atoms with Gasteiger partial charge in [-0.05, 0) is 49.4 Å². The zero-order valence-corrected chi connectivity index (χ0v) is 14.2. The number of esters is 1. The number of nitrogens with one attached hydrogen (secondary N) is 1. The van der Waals surface area contributed by atoms with Crippen LogP contribution < -0.4 is 10.1 Å². The predicted octanol–water partition coefficient (Wildman–Crippen LogP) is 3.41. The molecular formula is C18H15ClN2O4. The Bertz CT molecular complexity index is 813. The summed E-state index contributed by atoms with van der Waals surface area (Å²) in [7, 11) is 0. The third kappa shape index (κ3) is 5.23. The normalized spacial score (nSPS) is 9.80. The largest absolute Gasteiger partial charge is 0.494 e. The van der Waals surface area contributed by atoms with Crippen LogP contribution in [0, 0.1) is 11.3 Å². The summed E-state index contributed by atoms with van der Waals surface area (Å²) in [6.45, 7) is 1.95. The van der Waals surface area contributed by atoms with Gasteiger partial charge >= 0.3 is 5.97 Å². The summed E-state index contributed by atoms with van der Waals surface area (Å²) in [6.07, 6.45) is 0. The molecule has 7 heteroatoms. The van der Waals surface area contributed by atoms with E-state index >= 15 is 0 Å². The van der Waals surface area contributed by atoms with Crippen LogP contribution in [0.25, 0.3) is 0 Å². The molecular weight excluding hydrogens is 344 g/mol. The van der Waals surface area contributed by atoms with Gasteiger partial charge in [-0.15, -0.1) is 0 Å². The second kappa shape index (κ2) is 8.71. The highest BCUT2D eigenvalue weighted by Gasteiger charge is 2.11. The topological polar surface area (TPSA) is 88.4 Å². The van der Waals surface area contributed by atoms with Crippen molar-refractivity contribution in [3.05, 3.63) is 58.6 Å². The average Bonchev–Trinajstić information content (AvgIpc) is 2.61. The summed E-state index contributed by atoms with van der Waals surface area (Å²) in [5, 5.41) is 11.6. The highest BCUT2D eigenvalue weighted by Crippen LogP contribution is 2.20. The Morgan fingerprint density at radius 1 is 1.20 bits per heavy atom. The first-order valence-corrected chi connectivity index (χ1v) is 7.80. The number of amides is 1. The molecule has 0 saturated heterocycles. The minimum Gasteiger partial charge on any atom is -0.494 e. The van der Waals surface area contributed by atoms with Crippen molar-refractivity contribution in [3.63, 3.8) is 0 Å². The molecule has 0 atom stereocenters. The number of ether oxygens (including phenoxy) is 2. The molecule has 0 aliphatic rings. The highest BCUT2D eigenvalue weighted by molar-refractivity contribution is 6.32. The number of nitrogens with zero attached hydrogens (tertiary/aromatic N) is 1. The van der Waals surface area contributed by atoms with Crippen LogP contribution in [0.2, 0.25) is 5.02 Å². The van der Waals surface area contributed by atoms with Crippen LogP contribution in [0.5, 0.6) is 5.75 Å². The first-order chi connectivity index (χ1) is 12.0. The predicted molar refractivity (Wildman–Crippen MR) is 92.7 cm³/mol. The van der Waals surface area contributed by atoms with Gasteiger partial charge in [-0.2, -0.15) is 5.26 Å². The quantitative estimate of drug-likeness (QED) is 0.799. The Balaban J connectivity index is 1.87. The number of hydrogen-bond acceptors (Lipinski definition) is 5. The molecule has 1 amide bonds. The van der Waals surface area contributed by atoms with E-state index in [4.69, 9.17) is 26.3 Å². The third-order valence-corrected chi connectivity index (χ3v) is 3.42. The van der Waals surface area contributed by atoms with Crippen molar-refractivity contribution in [2.24, 2.45) is 0 Å². The fourth-order valence-electron chi connectivity index (χ4n) is 1.95. The number of carbonyl (C=O) groups is 2. The summed E-state index contributed by atoms with van der Waals surface area (Å²) in [5.41, 5.74) is 1.03. The van der Waals surface area contributed by atoms with Gasteiger partial charge < -0.3 is 14.8 Å². The van der Waals surface area contributed by atoms with E-state index in [1.807, 2.05) is 13.0 Å². The van der Waals surface area contributed by atoms with E-state index in [1.165, 1.54) is 18.2 Å². The van der Waals surface area contributed by atoms with Crippen LogP contribution in [0.3, 0.4) is 0 Å². The zero-order valence-electron chi connectivity index (χ0n) is 13.4. The summed E-state index contributed by atoms with van der Waals surface area (Å²) in [4.78, 5) is 23.7. The molecule has 6 nitrogen and oxygen atoms in total. The lowest BCUT2D eigenvalue weighted by atomic mass is 10.2. The number of nitriles is 1. The van der Waals surface area contributed by atoms with E-state index in [-0.39, 0.29) is 5.02 Å². The van der Waals surface area contributed by atoms with E-state index in [0.717, 1.165) is 0 Å². The second-order valence-electron chi connectivity index (χ2n) is 4.89. The van der Waals surface area contributed by atoms with Gasteiger partial charge in [0, 0.05) is 5.69 Å². The van der Waals surface area contributed by atoms with Crippen LogP contribution >= 0.6 is 11.6 Å². The van der Waals surface area contributed by atoms with Gasteiger partial charge in [-0.3, -0.25) is 4.79 Å². The summed E-state index contributed by atoms with van der Waals surface area (Å²) < 4.78 is 10.2. The van der Waals surface area contributed by atoms with Crippen molar-refractivity contribution < 1.29 is 19.1 Å². The molecule has 0 heterocycles. The van der Waals surface area contributed by atoms with Gasteiger partial charge in [-0.1, -0.05) is 11.6 Å². The van der Waals surface area contributed by atoms with Crippen molar-refractivity contribution in [1.29, 1.82) is 5.26 Å². The molecule has 2 aromatic carbocycles. The first-order valence-electron chi connectivity index (χ1n) is 7.43. The molecule has 0 radical (unpaired) electrons. The smallest absolute Gasteiger partial charge is 0.338 e. The van der Waals surface area contributed by atoms with E-state index in [0.29, 0.717) is 29.2 Å². The highest BCUT2D eigenvalue weighted by atomic mass is 35.5. The minimum atomic E-state index is -0.615. The molecule has 25 heavy (non-hydrogen) atoms. The molecule has 0 aliphatic heterocycles. The Hall–Kier alpha value is -3.04. The number of rotatable bonds is 6. The van der Waals surface area contributed by atoms with Crippen LogP contribution in [0.15, 0.2) is 42.5 Å². The van der Waals surface area contributed by atoms with Crippen molar-refractivity contribution in [2.75, 3.05) is 18.5 Å². The van der Waals surface area contributed by atoms with E-state index < -0.39 is 18.5 Å². The summed E-state index contributed by atoms with van der Waals surface area (Å²) >= 11 is 5.89. The van der Waals surface area contributed by atoms with E-state index in [2.05, 4.69) is 5.32 Å². The average molecular weight is 359 g/mol. The lowest BCUT2D eigenvalue weighted by Crippen LogP contribution is -2.20. The number of benzene rings is 2.